The van der Waals surface area contributed by atoms with E-state index < -0.39 is 0 Å². The van der Waals surface area contributed by atoms with Gasteiger partial charge in [-0.3, -0.25) is 4.99 Å². The average Bonchev–Trinajstić information content (AvgIpc) is 2.53. The van der Waals surface area contributed by atoms with Gasteiger partial charge in [0.15, 0.2) is 0 Å². The third kappa shape index (κ3) is 4.71. The molecule has 0 saturated heterocycles. The molecule has 0 aromatic heterocycles. The van der Waals surface area contributed by atoms with Gasteiger partial charge in [0.1, 0.15) is 0 Å². The van der Waals surface area contributed by atoms with Crippen LogP contribution in [0.25, 0.3) is 0 Å². The summed E-state index contributed by atoms with van der Waals surface area (Å²) in [6.45, 7) is 8.86. The SMILES string of the molecule is C=CC(C)Cc1cccc(C(C)=NCc2ccccc2)c1. The van der Waals surface area contributed by atoms with E-state index in [4.69, 9.17) is 4.99 Å². The summed E-state index contributed by atoms with van der Waals surface area (Å²) < 4.78 is 0. The van der Waals surface area contributed by atoms with Crippen molar-refractivity contribution in [2.45, 2.75) is 26.8 Å². The molecule has 1 unspecified atom stereocenters. The molecule has 1 nitrogen and oxygen atoms in total. The summed E-state index contributed by atoms with van der Waals surface area (Å²) >= 11 is 0. The van der Waals surface area contributed by atoms with Crippen molar-refractivity contribution in [2.75, 3.05) is 0 Å². The maximum Gasteiger partial charge on any atom is 0.0643 e. The highest BCUT2D eigenvalue weighted by molar-refractivity contribution is 5.98. The minimum atomic E-state index is 0.502. The summed E-state index contributed by atoms with van der Waals surface area (Å²) in [6.07, 6.45) is 3.03. The van der Waals surface area contributed by atoms with Gasteiger partial charge in [0.25, 0.3) is 0 Å². The lowest BCUT2D eigenvalue weighted by Gasteiger charge is -2.08. The van der Waals surface area contributed by atoms with Crippen LogP contribution in [0.15, 0.2) is 72.2 Å². The third-order valence-corrected chi connectivity index (χ3v) is 3.65. The van der Waals surface area contributed by atoms with Gasteiger partial charge in [-0.25, -0.2) is 0 Å². The van der Waals surface area contributed by atoms with E-state index in [9.17, 15) is 0 Å². The lowest BCUT2D eigenvalue weighted by atomic mass is 9.98. The van der Waals surface area contributed by atoms with Crippen LogP contribution in [0.4, 0.5) is 0 Å². The van der Waals surface area contributed by atoms with E-state index in [1.165, 1.54) is 16.7 Å². The summed E-state index contributed by atoms with van der Waals surface area (Å²) in [5.74, 6) is 0.502. The first-order valence-electron chi connectivity index (χ1n) is 7.46. The summed E-state index contributed by atoms with van der Waals surface area (Å²) in [5, 5.41) is 0. The molecular weight excluding hydrogens is 254 g/mol. The molecule has 0 N–H and O–H groups in total. The highest BCUT2D eigenvalue weighted by Crippen LogP contribution is 2.13. The normalized spacial score (nSPS) is 13.0. The van der Waals surface area contributed by atoms with Crippen LogP contribution in [0.3, 0.4) is 0 Å². The zero-order valence-corrected chi connectivity index (χ0v) is 12.9. The summed E-state index contributed by atoms with van der Waals surface area (Å²) in [5.41, 5.74) is 4.88. The van der Waals surface area contributed by atoms with Gasteiger partial charge in [-0.05, 0) is 42.0 Å². The Morgan fingerprint density at radius 3 is 2.52 bits per heavy atom. The lowest BCUT2D eigenvalue weighted by molar-refractivity contribution is 0.725. The molecule has 0 amide bonds. The molecule has 1 atom stereocenters. The van der Waals surface area contributed by atoms with Crippen molar-refractivity contribution < 1.29 is 0 Å². The van der Waals surface area contributed by atoms with Crippen molar-refractivity contribution in [2.24, 2.45) is 10.9 Å². The fourth-order valence-electron chi connectivity index (χ4n) is 2.26. The number of nitrogens with zero attached hydrogens (tertiary/aromatic N) is 1. The van der Waals surface area contributed by atoms with Crippen molar-refractivity contribution >= 4 is 5.71 Å². The second-order valence-corrected chi connectivity index (χ2v) is 5.50. The van der Waals surface area contributed by atoms with Crippen LogP contribution in [-0.2, 0) is 13.0 Å². The van der Waals surface area contributed by atoms with Gasteiger partial charge >= 0.3 is 0 Å². The highest BCUT2D eigenvalue weighted by Gasteiger charge is 2.02. The van der Waals surface area contributed by atoms with E-state index in [1.54, 1.807) is 0 Å². The number of rotatable bonds is 6. The maximum absolute atomic E-state index is 4.70. The molecule has 21 heavy (non-hydrogen) atoms. The minimum Gasteiger partial charge on any atom is -0.285 e. The van der Waals surface area contributed by atoms with Gasteiger partial charge in [-0.1, -0.05) is 61.5 Å². The Bertz CT molecular complexity index is 611. The topological polar surface area (TPSA) is 12.4 Å². The number of hydrogen-bond acceptors (Lipinski definition) is 1. The van der Waals surface area contributed by atoms with E-state index in [0.717, 1.165) is 18.7 Å². The van der Waals surface area contributed by atoms with Crippen LogP contribution in [-0.4, -0.2) is 5.71 Å². The molecule has 0 spiro atoms. The Hall–Kier alpha value is -2.15. The van der Waals surface area contributed by atoms with Crippen molar-refractivity contribution in [3.05, 3.63) is 83.9 Å². The van der Waals surface area contributed by atoms with E-state index in [2.05, 4.69) is 69.0 Å². The van der Waals surface area contributed by atoms with Gasteiger partial charge in [0, 0.05) is 5.71 Å². The molecule has 0 radical (unpaired) electrons. The lowest BCUT2D eigenvalue weighted by Crippen LogP contribution is -2.00. The second kappa shape index (κ2) is 7.58. The van der Waals surface area contributed by atoms with Gasteiger partial charge in [-0.2, -0.15) is 0 Å². The Morgan fingerprint density at radius 1 is 1.10 bits per heavy atom. The van der Waals surface area contributed by atoms with Crippen molar-refractivity contribution in [1.82, 2.24) is 0 Å². The molecule has 2 aromatic rings. The van der Waals surface area contributed by atoms with Crippen LogP contribution >= 0.6 is 0 Å². The Balaban J connectivity index is 2.09. The van der Waals surface area contributed by atoms with Crippen LogP contribution < -0.4 is 0 Å². The van der Waals surface area contributed by atoms with E-state index in [0.29, 0.717) is 5.92 Å². The van der Waals surface area contributed by atoms with E-state index >= 15 is 0 Å². The fraction of sp³-hybridized carbons (Fsp3) is 0.250. The minimum absolute atomic E-state index is 0.502. The van der Waals surface area contributed by atoms with Gasteiger partial charge in [0.2, 0.25) is 0 Å². The monoisotopic (exact) mass is 277 g/mol. The molecule has 1 heteroatoms. The van der Waals surface area contributed by atoms with Crippen molar-refractivity contribution in [3.63, 3.8) is 0 Å². The summed E-state index contributed by atoms with van der Waals surface area (Å²) in [7, 11) is 0. The van der Waals surface area contributed by atoms with Gasteiger partial charge in [-0.15, -0.1) is 6.58 Å². The molecule has 0 heterocycles. The van der Waals surface area contributed by atoms with E-state index in [-0.39, 0.29) is 0 Å². The Labute approximate surface area is 128 Å². The van der Waals surface area contributed by atoms with Crippen LogP contribution in [0.5, 0.6) is 0 Å². The van der Waals surface area contributed by atoms with Gasteiger partial charge < -0.3 is 0 Å². The number of aliphatic imine (C=N–C) groups is 1. The Kier molecular flexibility index (Phi) is 5.51. The largest absolute Gasteiger partial charge is 0.285 e. The molecule has 2 aromatic carbocycles. The summed E-state index contributed by atoms with van der Waals surface area (Å²) in [6, 6.07) is 19.0. The molecular formula is C20H23N. The van der Waals surface area contributed by atoms with E-state index in [1.807, 2.05) is 12.1 Å². The molecule has 0 fully saturated rings. The molecule has 0 aliphatic heterocycles. The molecule has 0 aliphatic carbocycles. The maximum atomic E-state index is 4.70. The zero-order chi connectivity index (χ0) is 15.1. The quantitative estimate of drug-likeness (QED) is 0.517. The second-order valence-electron chi connectivity index (χ2n) is 5.50. The van der Waals surface area contributed by atoms with Gasteiger partial charge in [0.05, 0.1) is 6.54 Å². The first-order valence-corrected chi connectivity index (χ1v) is 7.46. The summed E-state index contributed by atoms with van der Waals surface area (Å²) in [4.78, 5) is 4.70. The Morgan fingerprint density at radius 2 is 1.81 bits per heavy atom. The predicted octanol–water partition coefficient (Wildman–Crippen LogP) is 5.06. The molecule has 0 saturated carbocycles. The molecule has 108 valence electrons. The third-order valence-electron chi connectivity index (χ3n) is 3.65. The van der Waals surface area contributed by atoms with Crippen LogP contribution in [0.1, 0.15) is 30.5 Å². The van der Waals surface area contributed by atoms with Crippen molar-refractivity contribution in [3.8, 4) is 0 Å². The molecule has 0 bridgehead atoms. The number of allylic oxidation sites excluding steroid dienone is 1. The van der Waals surface area contributed by atoms with Crippen LogP contribution in [0, 0.1) is 5.92 Å². The van der Waals surface area contributed by atoms with Crippen molar-refractivity contribution in [1.29, 1.82) is 0 Å². The molecule has 2 rings (SSSR count). The average molecular weight is 277 g/mol. The van der Waals surface area contributed by atoms with Crippen LogP contribution in [0.2, 0.25) is 0 Å². The molecule has 0 aliphatic rings. The standard InChI is InChI=1S/C20H23N/c1-4-16(2)13-19-11-8-12-20(14-19)17(3)21-15-18-9-6-5-7-10-18/h4-12,14,16H,1,13,15H2,2-3H3. The predicted molar refractivity (Wildman–Crippen MR) is 91.9 cm³/mol. The zero-order valence-electron chi connectivity index (χ0n) is 12.9. The highest BCUT2D eigenvalue weighted by atomic mass is 14.7. The fourth-order valence-corrected chi connectivity index (χ4v) is 2.26. The number of hydrogen-bond donors (Lipinski definition) is 0. The first-order chi connectivity index (χ1) is 10.2. The first kappa shape index (κ1) is 15.2. The smallest absolute Gasteiger partial charge is 0.0643 e. The number of benzene rings is 2.